The molecular formula is C10H15N3O. The highest BCUT2D eigenvalue weighted by atomic mass is 16.2. The molecule has 1 aliphatic carbocycles. The number of hydrogen-bond donors (Lipinski definition) is 1. The van der Waals surface area contributed by atoms with Gasteiger partial charge in [0.25, 0.3) is 0 Å². The number of imidazole rings is 1. The normalized spacial score (nSPS) is 24.6. The van der Waals surface area contributed by atoms with E-state index in [2.05, 4.69) is 17.2 Å². The molecule has 0 aromatic carbocycles. The second kappa shape index (κ2) is 3.82. The molecule has 0 radical (unpaired) electrons. The first kappa shape index (κ1) is 9.24. The molecule has 1 amide bonds. The topological polar surface area (TPSA) is 46.9 Å². The Labute approximate surface area is 83.3 Å². The van der Waals surface area contributed by atoms with E-state index in [1.165, 1.54) is 23.7 Å². The third kappa shape index (κ3) is 1.95. The summed E-state index contributed by atoms with van der Waals surface area (Å²) in [5, 5.41) is 2.98. The van der Waals surface area contributed by atoms with Crippen LogP contribution in [0.3, 0.4) is 0 Å². The van der Waals surface area contributed by atoms with E-state index in [1.54, 1.807) is 12.4 Å². The van der Waals surface area contributed by atoms with Gasteiger partial charge in [0.15, 0.2) is 0 Å². The summed E-state index contributed by atoms with van der Waals surface area (Å²) in [6.07, 6.45) is 8.33. The van der Waals surface area contributed by atoms with Crippen molar-refractivity contribution in [1.29, 1.82) is 0 Å². The van der Waals surface area contributed by atoms with E-state index < -0.39 is 0 Å². The van der Waals surface area contributed by atoms with E-state index in [9.17, 15) is 4.79 Å². The van der Waals surface area contributed by atoms with Crippen molar-refractivity contribution in [2.45, 2.75) is 32.2 Å². The Hall–Kier alpha value is -1.32. The zero-order valence-corrected chi connectivity index (χ0v) is 8.31. The summed E-state index contributed by atoms with van der Waals surface area (Å²) in [5.41, 5.74) is 0. The lowest BCUT2D eigenvalue weighted by Gasteiger charge is -2.03. The average Bonchev–Trinajstić information content (AvgIpc) is 2.71. The van der Waals surface area contributed by atoms with Crippen LogP contribution in [0.5, 0.6) is 0 Å². The van der Waals surface area contributed by atoms with Crippen molar-refractivity contribution in [3.8, 4) is 0 Å². The number of carbonyl (C=O) groups is 1. The van der Waals surface area contributed by atoms with Gasteiger partial charge in [-0.1, -0.05) is 13.3 Å². The maximum atomic E-state index is 11.5. The van der Waals surface area contributed by atoms with Crippen molar-refractivity contribution in [3.63, 3.8) is 0 Å². The number of hydrogen-bond acceptors (Lipinski definition) is 2. The lowest BCUT2D eigenvalue weighted by molar-refractivity contribution is 0.241. The molecule has 76 valence electrons. The molecule has 0 bridgehead atoms. The number of nitrogens with one attached hydrogen (secondary N) is 1. The molecular weight excluding hydrogens is 178 g/mol. The van der Waals surface area contributed by atoms with Crippen molar-refractivity contribution < 1.29 is 4.79 Å². The zero-order chi connectivity index (χ0) is 9.97. The molecule has 2 unspecified atom stereocenters. The zero-order valence-electron chi connectivity index (χ0n) is 8.31. The van der Waals surface area contributed by atoms with Crippen LogP contribution in [0.25, 0.3) is 0 Å². The quantitative estimate of drug-likeness (QED) is 0.793. The minimum atomic E-state index is -0.0638. The predicted octanol–water partition coefficient (Wildman–Crippen LogP) is 1.63. The highest BCUT2D eigenvalue weighted by molar-refractivity contribution is 5.77. The highest BCUT2D eigenvalue weighted by Gasteiger charge is 2.37. The third-order valence-corrected chi connectivity index (χ3v) is 2.63. The Morgan fingerprint density at radius 3 is 3.21 bits per heavy atom. The summed E-state index contributed by atoms with van der Waals surface area (Å²) in [4.78, 5) is 15.3. The van der Waals surface area contributed by atoms with E-state index in [-0.39, 0.29) is 6.03 Å². The maximum absolute atomic E-state index is 11.5. The number of carbonyl (C=O) groups excluding carboxylic acids is 1. The Morgan fingerprint density at radius 2 is 2.57 bits per heavy atom. The van der Waals surface area contributed by atoms with Gasteiger partial charge in [0.2, 0.25) is 0 Å². The fourth-order valence-electron chi connectivity index (χ4n) is 1.73. The highest BCUT2D eigenvalue weighted by Crippen LogP contribution is 2.34. The molecule has 0 saturated heterocycles. The molecule has 2 rings (SSSR count). The van der Waals surface area contributed by atoms with Crippen molar-refractivity contribution >= 4 is 6.03 Å². The van der Waals surface area contributed by atoms with Crippen LogP contribution in [0.15, 0.2) is 18.7 Å². The molecule has 1 saturated carbocycles. The summed E-state index contributed by atoms with van der Waals surface area (Å²) in [7, 11) is 0. The molecule has 0 aliphatic heterocycles. The minimum absolute atomic E-state index is 0.0638. The van der Waals surface area contributed by atoms with Gasteiger partial charge in [-0.2, -0.15) is 0 Å². The smallest absolute Gasteiger partial charge is 0.327 e. The van der Waals surface area contributed by atoms with Crippen LogP contribution in [0, 0.1) is 5.92 Å². The second-order valence-corrected chi connectivity index (χ2v) is 3.81. The lowest BCUT2D eigenvalue weighted by Crippen LogP contribution is -2.30. The van der Waals surface area contributed by atoms with Crippen LogP contribution in [0.1, 0.15) is 26.2 Å². The Balaban J connectivity index is 1.80. The summed E-state index contributed by atoms with van der Waals surface area (Å²) in [5.74, 6) is 0.701. The van der Waals surface area contributed by atoms with Crippen molar-refractivity contribution in [2.75, 3.05) is 0 Å². The molecule has 4 nitrogen and oxygen atoms in total. The molecule has 0 spiro atoms. The van der Waals surface area contributed by atoms with Gasteiger partial charge in [-0.3, -0.25) is 4.57 Å². The second-order valence-electron chi connectivity index (χ2n) is 3.81. The standard InChI is InChI=1S/C10H15N3O/c1-2-3-8-6-9(8)12-10(14)13-5-4-11-7-13/h4-5,7-9H,2-3,6H2,1H3,(H,12,14). The fraction of sp³-hybridized carbons (Fsp3) is 0.600. The lowest BCUT2D eigenvalue weighted by atomic mass is 10.2. The number of rotatable bonds is 3. The van der Waals surface area contributed by atoms with Crippen LogP contribution in [0.4, 0.5) is 4.79 Å². The van der Waals surface area contributed by atoms with Crippen molar-refractivity contribution in [2.24, 2.45) is 5.92 Å². The first-order chi connectivity index (χ1) is 6.81. The average molecular weight is 193 g/mol. The Kier molecular flexibility index (Phi) is 2.52. The van der Waals surface area contributed by atoms with Crippen molar-refractivity contribution in [1.82, 2.24) is 14.9 Å². The van der Waals surface area contributed by atoms with Crippen LogP contribution >= 0.6 is 0 Å². The maximum Gasteiger partial charge on any atom is 0.327 e. The molecule has 1 aromatic heterocycles. The van der Waals surface area contributed by atoms with Gasteiger partial charge < -0.3 is 5.32 Å². The first-order valence-corrected chi connectivity index (χ1v) is 5.10. The van der Waals surface area contributed by atoms with Crippen LogP contribution in [0.2, 0.25) is 0 Å². The SMILES string of the molecule is CCCC1CC1NC(=O)n1ccnc1. The monoisotopic (exact) mass is 193 g/mol. The molecule has 1 aliphatic rings. The van der Waals surface area contributed by atoms with Crippen molar-refractivity contribution in [3.05, 3.63) is 18.7 Å². The molecule has 1 heterocycles. The number of nitrogens with zero attached hydrogens (tertiary/aromatic N) is 2. The summed E-state index contributed by atoms with van der Waals surface area (Å²) >= 11 is 0. The van der Waals surface area contributed by atoms with E-state index in [0.29, 0.717) is 12.0 Å². The predicted molar refractivity (Wildman–Crippen MR) is 53.0 cm³/mol. The molecule has 2 atom stereocenters. The summed E-state index contributed by atoms with van der Waals surface area (Å²) in [6.45, 7) is 2.17. The van der Waals surface area contributed by atoms with Gasteiger partial charge in [-0.15, -0.1) is 0 Å². The van der Waals surface area contributed by atoms with E-state index in [1.807, 2.05) is 0 Å². The summed E-state index contributed by atoms with van der Waals surface area (Å²) in [6, 6.07) is 0.330. The van der Waals surface area contributed by atoms with Gasteiger partial charge in [-0.05, 0) is 18.8 Å². The first-order valence-electron chi connectivity index (χ1n) is 5.10. The molecule has 4 heteroatoms. The molecule has 1 N–H and O–H groups in total. The number of amides is 1. The van der Waals surface area contributed by atoms with Crippen LogP contribution < -0.4 is 5.32 Å². The number of aromatic nitrogens is 2. The van der Waals surface area contributed by atoms with E-state index in [4.69, 9.17) is 0 Å². The largest absolute Gasteiger partial charge is 0.334 e. The molecule has 1 aromatic rings. The van der Waals surface area contributed by atoms with Gasteiger partial charge in [0.05, 0.1) is 0 Å². The molecule has 1 fully saturated rings. The minimum Gasteiger partial charge on any atom is -0.334 e. The van der Waals surface area contributed by atoms with E-state index >= 15 is 0 Å². The van der Waals surface area contributed by atoms with Crippen LogP contribution in [-0.2, 0) is 0 Å². The Bertz CT molecular complexity index is 307. The fourth-order valence-corrected chi connectivity index (χ4v) is 1.73. The van der Waals surface area contributed by atoms with E-state index in [0.717, 1.165) is 6.42 Å². The Morgan fingerprint density at radius 1 is 1.71 bits per heavy atom. The van der Waals surface area contributed by atoms with Gasteiger partial charge >= 0.3 is 6.03 Å². The van der Waals surface area contributed by atoms with Gasteiger partial charge in [-0.25, -0.2) is 9.78 Å². The third-order valence-electron chi connectivity index (χ3n) is 2.63. The van der Waals surface area contributed by atoms with Crippen LogP contribution in [-0.4, -0.2) is 21.6 Å². The summed E-state index contributed by atoms with van der Waals surface area (Å²) < 4.78 is 1.47. The molecule has 14 heavy (non-hydrogen) atoms. The van der Waals surface area contributed by atoms with Gasteiger partial charge in [0, 0.05) is 18.4 Å². The van der Waals surface area contributed by atoms with Gasteiger partial charge in [0.1, 0.15) is 6.33 Å².